The number of nitrogens with one attached hydrogen (secondary N) is 1. The highest BCUT2D eigenvalue weighted by atomic mass is 127. The van der Waals surface area contributed by atoms with Gasteiger partial charge in [0.25, 0.3) is 5.91 Å². The van der Waals surface area contributed by atoms with Crippen molar-refractivity contribution < 1.29 is 13.6 Å². The molecule has 2 aromatic carbocycles. The molecule has 0 aliphatic rings. The molecule has 0 radical (unpaired) electrons. The molecule has 2 aromatic rings. The van der Waals surface area contributed by atoms with Gasteiger partial charge in [-0.25, -0.2) is 8.78 Å². The van der Waals surface area contributed by atoms with Gasteiger partial charge < -0.3 is 5.32 Å². The molecular formula is C13H6Br2F2INO. The van der Waals surface area contributed by atoms with E-state index in [1.54, 1.807) is 18.2 Å². The Hall–Kier alpha value is -0.540. The van der Waals surface area contributed by atoms with Gasteiger partial charge >= 0.3 is 0 Å². The van der Waals surface area contributed by atoms with Gasteiger partial charge in [0, 0.05) is 18.6 Å². The number of rotatable bonds is 2. The highest BCUT2D eigenvalue weighted by Gasteiger charge is 2.16. The SMILES string of the molecule is O=C(Nc1c(F)cc(F)cc1Br)c1cc(Br)ccc1I. The Labute approximate surface area is 144 Å². The number of carbonyl (C=O) groups excluding carboxylic acids is 1. The fourth-order valence-corrected chi connectivity index (χ4v) is 2.96. The normalized spacial score (nSPS) is 10.4. The number of anilines is 1. The van der Waals surface area contributed by atoms with Crippen molar-refractivity contribution in [2.75, 3.05) is 5.32 Å². The Kier molecular flexibility index (Phi) is 5.14. The second-order valence-electron chi connectivity index (χ2n) is 3.82. The number of carbonyl (C=O) groups is 1. The summed E-state index contributed by atoms with van der Waals surface area (Å²) in [5.41, 5.74) is 0.308. The van der Waals surface area contributed by atoms with Crippen molar-refractivity contribution in [3.63, 3.8) is 0 Å². The first-order valence-electron chi connectivity index (χ1n) is 5.29. The Bertz CT molecular complexity index is 671. The smallest absolute Gasteiger partial charge is 0.256 e. The summed E-state index contributed by atoms with van der Waals surface area (Å²) in [7, 11) is 0. The van der Waals surface area contributed by atoms with E-state index in [4.69, 9.17) is 0 Å². The van der Waals surface area contributed by atoms with Gasteiger partial charge in [0.1, 0.15) is 5.82 Å². The van der Waals surface area contributed by atoms with E-state index in [-0.39, 0.29) is 10.2 Å². The second-order valence-corrected chi connectivity index (χ2v) is 6.75. The lowest BCUT2D eigenvalue weighted by Crippen LogP contribution is -2.15. The van der Waals surface area contributed by atoms with Crippen LogP contribution in [0.5, 0.6) is 0 Å². The van der Waals surface area contributed by atoms with E-state index in [2.05, 4.69) is 37.2 Å². The number of halogens is 5. The minimum atomic E-state index is -0.838. The number of benzene rings is 2. The maximum absolute atomic E-state index is 13.7. The van der Waals surface area contributed by atoms with E-state index in [1.165, 1.54) is 0 Å². The third-order valence-electron chi connectivity index (χ3n) is 2.42. The van der Waals surface area contributed by atoms with E-state index < -0.39 is 17.5 Å². The predicted octanol–water partition coefficient (Wildman–Crippen LogP) is 5.35. The zero-order chi connectivity index (χ0) is 14.9. The first-order valence-corrected chi connectivity index (χ1v) is 7.96. The summed E-state index contributed by atoms with van der Waals surface area (Å²) in [6, 6.07) is 6.99. The molecule has 0 spiro atoms. The first-order chi connectivity index (χ1) is 9.38. The molecule has 7 heteroatoms. The van der Waals surface area contributed by atoms with Crippen LogP contribution in [0.3, 0.4) is 0 Å². The van der Waals surface area contributed by atoms with Gasteiger partial charge in [-0.15, -0.1) is 0 Å². The minimum absolute atomic E-state index is 0.0906. The topological polar surface area (TPSA) is 29.1 Å². The minimum Gasteiger partial charge on any atom is -0.318 e. The molecule has 0 bridgehead atoms. The molecule has 0 aliphatic heterocycles. The molecule has 0 fully saturated rings. The highest BCUT2D eigenvalue weighted by Crippen LogP contribution is 2.28. The van der Waals surface area contributed by atoms with Crippen LogP contribution in [-0.2, 0) is 0 Å². The van der Waals surface area contributed by atoms with Crippen LogP contribution >= 0.6 is 54.5 Å². The average Bonchev–Trinajstić information content (AvgIpc) is 2.36. The van der Waals surface area contributed by atoms with Gasteiger partial charge in [0.05, 0.1) is 11.3 Å². The molecule has 0 unspecified atom stereocenters. The molecule has 1 amide bonds. The van der Waals surface area contributed by atoms with Crippen LogP contribution in [0, 0.1) is 15.2 Å². The molecule has 2 rings (SSSR count). The summed E-state index contributed by atoms with van der Waals surface area (Å²) < 4.78 is 28.3. The number of hydrogen-bond acceptors (Lipinski definition) is 1. The second kappa shape index (κ2) is 6.48. The summed E-state index contributed by atoms with van der Waals surface area (Å²) in [4.78, 5) is 12.2. The molecule has 1 N–H and O–H groups in total. The summed E-state index contributed by atoms with van der Waals surface area (Å²) in [5.74, 6) is -2.03. The zero-order valence-electron chi connectivity index (χ0n) is 9.68. The lowest BCUT2D eigenvalue weighted by molar-refractivity contribution is 0.102. The molecule has 0 atom stereocenters. The van der Waals surface area contributed by atoms with Gasteiger partial charge in [-0.05, 0) is 62.8 Å². The van der Waals surface area contributed by atoms with Crippen LogP contribution in [0.15, 0.2) is 39.3 Å². The summed E-state index contributed by atoms with van der Waals surface area (Å²) in [5, 5.41) is 2.44. The fourth-order valence-electron chi connectivity index (χ4n) is 1.51. The first kappa shape index (κ1) is 15.8. The quantitative estimate of drug-likeness (QED) is 0.536. The maximum Gasteiger partial charge on any atom is 0.256 e. The molecule has 0 saturated carbocycles. The van der Waals surface area contributed by atoms with Crippen molar-refractivity contribution in [3.05, 3.63) is 60.0 Å². The van der Waals surface area contributed by atoms with E-state index in [1.807, 2.05) is 22.6 Å². The number of hydrogen-bond donors (Lipinski definition) is 1. The molecule has 20 heavy (non-hydrogen) atoms. The van der Waals surface area contributed by atoms with Crippen LogP contribution in [0.2, 0.25) is 0 Å². The van der Waals surface area contributed by atoms with Crippen molar-refractivity contribution in [1.82, 2.24) is 0 Å². The third-order valence-corrected chi connectivity index (χ3v) is 4.48. The largest absolute Gasteiger partial charge is 0.318 e. The average molecular weight is 517 g/mol. The van der Waals surface area contributed by atoms with E-state index >= 15 is 0 Å². The predicted molar refractivity (Wildman–Crippen MR) is 88.9 cm³/mol. The van der Waals surface area contributed by atoms with Crippen molar-refractivity contribution in [2.24, 2.45) is 0 Å². The van der Waals surface area contributed by atoms with Crippen molar-refractivity contribution in [2.45, 2.75) is 0 Å². The molecular weight excluding hydrogens is 511 g/mol. The summed E-state index contributed by atoms with van der Waals surface area (Å²) in [6.45, 7) is 0. The molecule has 104 valence electrons. The fraction of sp³-hybridized carbons (Fsp3) is 0. The number of amides is 1. The summed E-state index contributed by atoms with van der Waals surface area (Å²) in [6.07, 6.45) is 0. The standard InChI is InChI=1S/C13H6Br2F2INO/c14-6-1-2-11(18)8(3-6)13(20)19-12-9(15)4-7(16)5-10(12)17/h1-5H,(H,19,20). The van der Waals surface area contributed by atoms with Crippen molar-refractivity contribution in [1.29, 1.82) is 0 Å². The van der Waals surface area contributed by atoms with Crippen molar-refractivity contribution in [3.8, 4) is 0 Å². The Morgan fingerprint density at radius 2 is 1.85 bits per heavy atom. The summed E-state index contributed by atoms with van der Waals surface area (Å²) >= 11 is 8.31. The lowest BCUT2D eigenvalue weighted by atomic mass is 10.2. The van der Waals surface area contributed by atoms with Gasteiger partial charge in [-0.1, -0.05) is 15.9 Å². The van der Waals surface area contributed by atoms with Crippen LogP contribution in [0.1, 0.15) is 10.4 Å². The Morgan fingerprint density at radius 3 is 2.50 bits per heavy atom. The van der Waals surface area contributed by atoms with Gasteiger partial charge in [0.2, 0.25) is 0 Å². The highest BCUT2D eigenvalue weighted by molar-refractivity contribution is 14.1. The zero-order valence-corrected chi connectivity index (χ0v) is 15.0. The van der Waals surface area contributed by atoms with E-state index in [0.29, 0.717) is 11.6 Å². The maximum atomic E-state index is 13.7. The van der Waals surface area contributed by atoms with Gasteiger partial charge in [-0.2, -0.15) is 0 Å². The molecule has 0 saturated heterocycles. The van der Waals surface area contributed by atoms with Crippen LogP contribution < -0.4 is 5.32 Å². The van der Waals surface area contributed by atoms with E-state index in [9.17, 15) is 13.6 Å². The van der Waals surface area contributed by atoms with Crippen LogP contribution in [-0.4, -0.2) is 5.91 Å². The monoisotopic (exact) mass is 515 g/mol. The van der Waals surface area contributed by atoms with Gasteiger partial charge in [0.15, 0.2) is 5.82 Å². The van der Waals surface area contributed by atoms with Crippen LogP contribution in [0.4, 0.5) is 14.5 Å². The third kappa shape index (κ3) is 3.56. The van der Waals surface area contributed by atoms with Crippen molar-refractivity contribution >= 4 is 66.0 Å². The Morgan fingerprint density at radius 1 is 1.15 bits per heavy atom. The molecule has 0 aromatic heterocycles. The lowest BCUT2D eigenvalue weighted by Gasteiger charge is -2.10. The van der Waals surface area contributed by atoms with E-state index in [0.717, 1.165) is 14.1 Å². The van der Waals surface area contributed by atoms with Gasteiger partial charge in [-0.3, -0.25) is 4.79 Å². The Balaban J connectivity index is 2.35. The molecule has 0 heterocycles. The molecule has 0 aliphatic carbocycles. The van der Waals surface area contributed by atoms with Crippen LogP contribution in [0.25, 0.3) is 0 Å². The molecule has 2 nitrogen and oxygen atoms in total.